The van der Waals surface area contributed by atoms with Gasteiger partial charge in [-0.3, -0.25) is 9.36 Å². The number of hydrogen-bond donors (Lipinski definition) is 0. The van der Waals surface area contributed by atoms with Crippen LogP contribution in [0.4, 0.5) is 4.39 Å². The van der Waals surface area contributed by atoms with Gasteiger partial charge in [-0.15, -0.1) is 0 Å². The molecule has 0 saturated heterocycles. The quantitative estimate of drug-likeness (QED) is 0.159. The SMILES string of the molecule is CCCC1=C(C(=O)OCC)[C@@H](c2cc(Br)ccc2OC)n2c(s/c(=C/c3c(C)n(Cc4ccccc4F)c4ccccc34)c2=O)=N1. The zero-order chi connectivity index (χ0) is 32.5. The first-order chi connectivity index (χ1) is 22.3. The highest BCUT2D eigenvalue weighted by atomic mass is 79.9. The highest BCUT2D eigenvalue weighted by Gasteiger charge is 2.36. The Hall–Kier alpha value is -4.28. The second kappa shape index (κ2) is 13.2. The fourth-order valence-corrected chi connectivity index (χ4v) is 7.49. The van der Waals surface area contributed by atoms with Crippen LogP contribution in [-0.4, -0.2) is 28.8 Å². The summed E-state index contributed by atoms with van der Waals surface area (Å²) >= 11 is 4.85. The third kappa shape index (κ3) is 5.64. The lowest BCUT2D eigenvalue weighted by molar-refractivity contribution is -0.139. The normalized spacial score (nSPS) is 14.8. The second-order valence-corrected chi connectivity index (χ2v) is 12.9. The number of hydrogen-bond acceptors (Lipinski definition) is 6. The Kier molecular flexibility index (Phi) is 9.11. The van der Waals surface area contributed by atoms with Crippen LogP contribution in [0.2, 0.25) is 0 Å². The maximum atomic E-state index is 14.7. The minimum absolute atomic E-state index is 0.185. The largest absolute Gasteiger partial charge is 0.496 e. The number of allylic oxidation sites excluding steroid dienone is 1. The first kappa shape index (κ1) is 31.7. The van der Waals surface area contributed by atoms with Crippen molar-refractivity contribution in [1.29, 1.82) is 0 Å². The molecule has 0 N–H and O–H groups in total. The number of rotatable bonds is 9. The van der Waals surface area contributed by atoms with Crippen LogP contribution in [0.3, 0.4) is 0 Å². The summed E-state index contributed by atoms with van der Waals surface area (Å²) in [4.78, 5) is 33.4. The summed E-state index contributed by atoms with van der Waals surface area (Å²) in [6.07, 6.45) is 3.18. The maximum Gasteiger partial charge on any atom is 0.338 e. The predicted octanol–water partition coefficient (Wildman–Crippen LogP) is 6.80. The lowest BCUT2D eigenvalue weighted by Crippen LogP contribution is -2.40. The number of methoxy groups -OCH3 is 1. The average Bonchev–Trinajstić information content (AvgIpc) is 3.50. The molecule has 1 aliphatic heterocycles. The van der Waals surface area contributed by atoms with Crippen molar-refractivity contribution in [3.63, 3.8) is 0 Å². The molecule has 0 amide bonds. The number of halogens is 2. The summed E-state index contributed by atoms with van der Waals surface area (Å²) in [6.45, 7) is 6.30. The summed E-state index contributed by atoms with van der Waals surface area (Å²) < 4.78 is 30.9. The van der Waals surface area contributed by atoms with Crippen molar-refractivity contribution in [3.8, 4) is 5.75 Å². The molecule has 236 valence electrons. The first-order valence-electron chi connectivity index (χ1n) is 15.1. The number of carbonyl (C=O) groups excluding carboxylic acids is 1. The average molecular weight is 703 g/mol. The van der Waals surface area contributed by atoms with Crippen LogP contribution >= 0.6 is 27.3 Å². The zero-order valence-corrected chi connectivity index (χ0v) is 28.4. The number of nitrogens with zero attached hydrogens (tertiary/aromatic N) is 3. The Bertz CT molecular complexity index is 2200. The van der Waals surface area contributed by atoms with Crippen LogP contribution < -0.4 is 19.6 Å². The van der Waals surface area contributed by atoms with Gasteiger partial charge in [0, 0.05) is 37.8 Å². The van der Waals surface area contributed by atoms with Gasteiger partial charge in [0.1, 0.15) is 17.6 Å². The topological polar surface area (TPSA) is 74.8 Å². The molecule has 0 bridgehead atoms. The first-order valence-corrected chi connectivity index (χ1v) is 16.7. The maximum absolute atomic E-state index is 14.7. The van der Waals surface area contributed by atoms with Crippen LogP contribution in [0.15, 0.2) is 92.3 Å². The molecule has 1 atom stereocenters. The molecule has 1 aliphatic rings. The van der Waals surface area contributed by atoms with E-state index in [0.29, 0.717) is 50.4 Å². The highest BCUT2D eigenvalue weighted by molar-refractivity contribution is 9.10. The molecule has 2 aromatic heterocycles. The second-order valence-electron chi connectivity index (χ2n) is 11.0. The lowest BCUT2D eigenvalue weighted by Gasteiger charge is -2.27. The third-order valence-electron chi connectivity index (χ3n) is 8.22. The number of ether oxygens (including phenoxy) is 2. The molecule has 0 saturated carbocycles. The molecular formula is C36H33BrFN3O4S. The van der Waals surface area contributed by atoms with E-state index in [1.165, 1.54) is 17.4 Å². The minimum atomic E-state index is -0.810. The van der Waals surface area contributed by atoms with Crippen LogP contribution in [0.5, 0.6) is 5.75 Å². The third-order valence-corrected chi connectivity index (χ3v) is 9.70. The summed E-state index contributed by atoms with van der Waals surface area (Å²) in [5, 5.41) is 0.950. The molecule has 46 heavy (non-hydrogen) atoms. The van der Waals surface area contributed by atoms with Gasteiger partial charge >= 0.3 is 5.97 Å². The van der Waals surface area contributed by atoms with Gasteiger partial charge in [0.2, 0.25) is 0 Å². The van der Waals surface area contributed by atoms with Crippen LogP contribution in [0, 0.1) is 12.7 Å². The monoisotopic (exact) mass is 701 g/mol. The fraction of sp³-hybridized carbons (Fsp3) is 0.250. The molecule has 7 nitrogen and oxygen atoms in total. The van der Waals surface area contributed by atoms with E-state index >= 15 is 0 Å². The van der Waals surface area contributed by atoms with Crippen molar-refractivity contribution in [2.45, 2.75) is 46.2 Å². The lowest BCUT2D eigenvalue weighted by atomic mass is 9.93. The van der Waals surface area contributed by atoms with Gasteiger partial charge < -0.3 is 14.0 Å². The number of fused-ring (bicyclic) bond motifs is 2. The minimum Gasteiger partial charge on any atom is -0.496 e. The van der Waals surface area contributed by atoms with Crippen molar-refractivity contribution >= 4 is 50.2 Å². The standard InChI is InChI=1S/C36H33BrFN3O4S/c1-5-11-28-32(35(43)45-6-2)33(26-18-23(37)16-17-30(26)44-4)41-34(42)31(46-36(41)39-28)19-25-21(3)40(29-15-10-8-13-24(25)29)20-22-12-7-9-14-27(22)38/h7-10,12-19,33H,5-6,11,20H2,1-4H3/b31-19+/t33-/m1/s1. The smallest absolute Gasteiger partial charge is 0.338 e. The molecule has 10 heteroatoms. The summed E-state index contributed by atoms with van der Waals surface area (Å²) in [5.74, 6) is -0.241. The van der Waals surface area contributed by atoms with Gasteiger partial charge in [-0.2, -0.15) is 0 Å². The number of esters is 1. The predicted molar refractivity (Wildman–Crippen MR) is 183 cm³/mol. The Balaban J connectivity index is 1.61. The van der Waals surface area contributed by atoms with E-state index in [4.69, 9.17) is 14.5 Å². The number of thiazole rings is 1. The van der Waals surface area contributed by atoms with Crippen LogP contribution in [0.25, 0.3) is 17.0 Å². The van der Waals surface area contributed by atoms with Crippen LogP contribution in [0.1, 0.15) is 55.1 Å². The van der Waals surface area contributed by atoms with E-state index in [2.05, 4.69) is 20.5 Å². The number of benzene rings is 3. The van der Waals surface area contributed by atoms with E-state index in [1.807, 2.05) is 68.5 Å². The zero-order valence-electron chi connectivity index (χ0n) is 26.0. The van der Waals surface area contributed by atoms with Crippen molar-refractivity contribution in [1.82, 2.24) is 9.13 Å². The van der Waals surface area contributed by atoms with Crippen molar-refractivity contribution < 1.29 is 18.7 Å². The highest BCUT2D eigenvalue weighted by Crippen LogP contribution is 2.38. The van der Waals surface area contributed by atoms with Crippen molar-refractivity contribution in [2.24, 2.45) is 4.99 Å². The summed E-state index contributed by atoms with van der Waals surface area (Å²) in [7, 11) is 1.57. The molecule has 0 unspecified atom stereocenters. The van der Waals surface area contributed by atoms with Gasteiger partial charge in [-0.1, -0.05) is 77.0 Å². The van der Waals surface area contributed by atoms with Gasteiger partial charge in [0.15, 0.2) is 4.80 Å². The summed E-state index contributed by atoms with van der Waals surface area (Å²) in [5.41, 5.74) is 4.58. The van der Waals surface area contributed by atoms with E-state index in [1.54, 1.807) is 30.7 Å². The molecule has 0 spiro atoms. The Morgan fingerprint density at radius 2 is 1.87 bits per heavy atom. The number of aromatic nitrogens is 2. The van der Waals surface area contributed by atoms with E-state index in [0.717, 1.165) is 33.1 Å². The van der Waals surface area contributed by atoms with Gasteiger partial charge in [-0.25, -0.2) is 14.2 Å². The van der Waals surface area contributed by atoms with Crippen molar-refractivity contribution in [3.05, 3.63) is 130 Å². The van der Waals surface area contributed by atoms with Gasteiger partial charge in [-0.05, 0) is 56.7 Å². The summed E-state index contributed by atoms with van der Waals surface area (Å²) in [6, 6.07) is 19.4. The fourth-order valence-electron chi connectivity index (χ4n) is 6.11. The van der Waals surface area contributed by atoms with E-state index in [-0.39, 0.29) is 18.0 Å². The molecular weight excluding hydrogens is 669 g/mol. The number of para-hydroxylation sites is 1. The van der Waals surface area contributed by atoms with Crippen LogP contribution in [-0.2, 0) is 16.1 Å². The molecule has 0 aliphatic carbocycles. The molecule has 3 heterocycles. The number of carbonyl (C=O) groups is 1. The molecule has 0 fully saturated rings. The molecule has 0 radical (unpaired) electrons. The van der Waals surface area contributed by atoms with E-state index < -0.39 is 12.0 Å². The Morgan fingerprint density at radius 3 is 2.61 bits per heavy atom. The van der Waals surface area contributed by atoms with Crippen molar-refractivity contribution in [2.75, 3.05) is 13.7 Å². The Morgan fingerprint density at radius 1 is 1.11 bits per heavy atom. The molecule has 6 rings (SSSR count). The van der Waals surface area contributed by atoms with Gasteiger partial charge in [0.05, 0.1) is 36.1 Å². The molecule has 3 aromatic carbocycles. The Labute approximate surface area is 278 Å². The van der Waals surface area contributed by atoms with E-state index in [9.17, 15) is 14.0 Å². The molecule has 5 aromatic rings. The van der Waals surface area contributed by atoms with Gasteiger partial charge in [0.25, 0.3) is 5.56 Å².